The van der Waals surface area contributed by atoms with E-state index < -0.39 is 5.54 Å². The minimum absolute atomic E-state index is 0.0135. The summed E-state index contributed by atoms with van der Waals surface area (Å²) in [6, 6.07) is 15.8. The van der Waals surface area contributed by atoms with Gasteiger partial charge in [-0.05, 0) is 71.5 Å². The Morgan fingerprint density at radius 2 is 1.70 bits per heavy atom. The zero-order chi connectivity index (χ0) is 14.6. The third kappa shape index (κ3) is 3.43. The van der Waals surface area contributed by atoms with Crippen molar-refractivity contribution in [2.75, 3.05) is 19.0 Å². The molecule has 0 bridgehead atoms. The lowest BCUT2D eigenvalue weighted by Crippen LogP contribution is -2.35. The molecule has 0 aromatic heterocycles. The van der Waals surface area contributed by atoms with Crippen molar-refractivity contribution in [3.8, 4) is 5.75 Å². The third-order valence-electron chi connectivity index (χ3n) is 3.31. The van der Waals surface area contributed by atoms with Crippen LogP contribution >= 0.6 is 22.6 Å². The Bertz CT molecular complexity index is 554. The van der Waals surface area contributed by atoms with E-state index in [2.05, 4.69) is 27.9 Å². The first-order valence-corrected chi connectivity index (χ1v) is 7.44. The van der Waals surface area contributed by atoms with E-state index in [4.69, 9.17) is 4.74 Å². The molecule has 2 N–H and O–H groups in total. The molecule has 106 valence electrons. The summed E-state index contributed by atoms with van der Waals surface area (Å²) in [5.41, 5.74) is 1.48. The van der Waals surface area contributed by atoms with Gasteiger partial charge in [0.15, 0.2) is 0 Å². The number of aliphatic hydroxyl groups excluding tert-OH is 1. The maximum atomic E-state index is 9.78. The summed E-state index contributed by atoms with van der Waals surface area (Å²) in [4.78, 5) is 0. The predicted molar refractivity (Wildman–Crippen MR) is 90.2 cm³/mol. The van der Waals surface area contributed by atoms with E-state index in [0.717, 1.165) is 17.0 Å². The lowest BCUT2D eigenvalue weighted by Gasteiger charge is -2.30. The van der Waals surface area contributed by atoms with E-state index in [1.807, 2.05) is 55.5 Å². The van der Waals surface area contributed by atoms with Gasteiger partial charge in [-0.1, -0.05) is 12.1 Å². The van der Waals surface area contributed by atoms with Crippen LogP contribution in [0.15, 0.2) is 48.5 Å². The first-order valence-electron chi connectivity index (χ1n) is 6.36. The summed E-state index contributed by atoms with van der Waals surface area (Å²) in [6.07, 6.45) is 0. The predicted octanol–water partition coefficient (Wildman–Crippen LogP) is 3.62. The van der Waals surface area contributed by atoms with Gasteiger partial charge in [-0.3, -0.25) is 0 Å². The van der Waals surface area contributed by atoms with Crippen LogP contribution in [0.3, 0.4) is 0 Å². The van der Waals surface area contributed by atoms with Crippen LogP contribution in [0.1, 0.15) is 12.5 Å². The Labute approximate surface area is 133 Å². The van der Waals surface area contributed by atoms with Crippen LogP contribution in [-0.4, -0.2) is 18.8 Å². The van der Waals surface area contributed by atoms with E-state index in [0.29, 0.717) is 0 Å². The number of aliphatic hydroxyl groups is 1. The standard InChI is InChI=1S/C16H18INO2/c1-16(11-19,12-3-5-13(17)6-4-12)18-14-7-9-15(20-2)10-8-14/h3-10,18-19H,11H2,1-2H3. The minimum Gasteiger partial charge on any atom is -0.497 e. The van der Waals surface area contributed by atoms with Gasteiger partial charge in [0.2, 0.25) is 0 Å². The summed E-state index contributed by atoms with van der Waals surface area (Å²) >= 11 is 2.27. The van der Waals surface area contributed by atoms with Gasteiger partial charge in [0.05, 0.1) is 19.3 Å². The molecule has 2 aromatic carbocycles. The van der Waals surface area contributed by atoms with Gasteiger partial charge < -0.3 is 15.2 Å². The highest BCUT2D eigenvalue weighted by Crippen LogP contribution is 2.27. The number of methoxy groups -OCH3 is 1. The lowest BCUT2D eigenvalue weighted by molar-refractivity contribution is 0.224. The molecule has 0 aliphatic carbocycles. The molecule has 20 heavy (non-hydrogen) atoms. The van der Waals surface area contributed by atoms with E-state index in [-0.39, 0.29) is 6.61 Å². The van der Waals surface area contributed by atoms with Crippen molar-refractivity contribution in [1.82, 2.24) is 0 Å². The second-order valence-electron chi connectivity index (χ2n) is 4.85. The quantitative estimate of drug-likeness (QED) is 0.776. The van der Waals surface area contributed by atoms with Crippen LogP contribution in [0.25, 0.3) is 0 Å². The fraction of sp³-hybridized carbons (Fsp3) is 0.250. The molecule has 0 saturated carbocycles. The molecule has 0 aliphatic rings. The number of anilines is 1. The van der Waals surface area contributed by atoms with Gasteiger partial charge in [0.1, 0.15) is 5.75 Å². The fourth-order valence-corrected chi connectivity index (χ4v) is 2.37. The molecule has 4 heteroatoms. The highest BCUT2D eigenvalue weighted by atomic mass is 127. The van der Waals surface area contributed by atoms with Crippen molar-refractivity contribution < 1.29 is 9.84 Å². The monoisotopic (exact) mass is 383 g/mol. The number of hydrogen-bond donors (Lipinski definition) is 2. The van der Waals surface area contributed by atoms with Crippen LogP contribution in [-0.2, 0) is 5.54 Å². The smallest absolute Gasteiger partial charge is 0.119 e. The summed E-state index contributed by atoms with van der Waals surface area (Å²) in [7, 11) is 1.64. The van der Waals surface area contributed by atoms with Gasteiger partial charge in [-0.25, -0.2) is 0 Å². The van der Waals surface area contributed by atoms with Gasteiger partial charge in [-0.15, -0.1) is 0 Å². The number of benzene rings is 2. The highest BCUT2D eigenvalue weighted by molar-refractivity contribution is 14.1. The van der Waals surface area contributed by atoms with Gasteiger partial charge in [0, 0.05) is 9.26 Å². The Morgan fingerprint density at radius 3 is 2.20 bits per heavy atom. The molecule has 0 radical (unpaired) electrons. The van der Waals surface area contributed by atoms with E-state index in [1.54, 1.807) is 7.11 Å². The maximum absolute atomic E-state index is 9.78. The molecule has 0 saturated heterocycles. The molecule has 0 amide bonds. The number of nitrogens with one attached hydrogen (secondary N) is 1. The van der Waals surface area contributed by atoms with E-state index in [1.165, 1.54) is 3.57 Å². The molecule has 0 fully saturated rings. The Hall–Kier alpha value is -1.27. The van der Waals surface area contributed by atoms with Crippen molar-refractivity contribution in [3.05, 3.63) is 57.7 Å². The Balaban J connectivity index is 2.23. The van der Waals surface area contributed by atoms with Crippen molar-refractivity contribution >= 4 is 28.3 Å². The topological polar surface area (TPSA) is 41.5 Å². The zero-order valence-corrected chi connectivity index (χ0v) is 13.7. The van der Waals surface area contributed by atoms with E-state index in [9.17, 15) is 5.11 Å². The average Bonchev–Trinajstić information content (AvgIpc) is 2.48. The lowest BCUT2D eigenvalue weighted by atomic mass is 9.92. The minimum atomic E-state index is -0.515. The second kappa shape index (κ2) is 6.45. The van der Waals surface area contributed by atoms with Crippen LogP contribution < -0.4 is 10.1 Å². The van der Waals surface area contributed by atoms with Gasteiger partial charge >= 0.3 is 0 Å². The largest absolute Gasteiger partial charge is 0.497 e. The number of halogens is 1. The molecular formula is C16H18INO2. The summed E-state index contributed by atoms with van der Waals surface area (Å²) in [5, 5.41) is 13.2. The first kappa shape index (κ1) is 15.1. The maximum Gasteiger partial charge on any atom is 0.119 e. The first-order chi connectivity index (χ1) is 9.57. The third-order valence-corrected chi connectivity index (χ3v) is 4.03. The van der Waals surface area contributed by atoms with Crippen LogP contribution in [0.5, 0.6) is 5.75 Å². The Morgan fingerprint density at radius 1 is 1.10 bits per heavy atom. The summed E-state index contributed by atoms with van der Waals surface area (Å²) < 4.78 is 6.32. The average molecular weight is 383 g/mol. The van der Waals surface area contributed by atoms with E-state index >= 15 is 0 Å². The van der Waals surface area contributed by atoms with Crippen LogP contribution in [0.2, 0.25) is 0 Å². The molecule has 3 nitrogen and oxygen atoms in total. The molecule has 0 spiro atoms. The molecule has 2 aromatic rings. The SMILES string of the molecule is COc1ccc(NC(C)(CO)c2ccc(I)cc2)cc1. The van der Waals surface area contributed by atoms with Crippen molar-refractivity contribution in [1.29, 1.82) is 0 Å². The zero-order valence-electron chi connectivity index (χ0n) is 11.6. The number of ether oxygens (including phenoxy) is 1. The molecular weight excluding hydrogens is 365 g/mol. The molecule has 0 heterocycles. The van der Waals surface area contributed by atoms with Crippen LogP contribution in [0.4, 0.5) is 5.69 Å². The van der Waals surface area contributed by atoms with Crippen LogP contribution in [0, 0.1) is 3.57 Å². The normalized spacial score (nSPS) is 13.6. The van der Waals surface area contributed by atoms with Crippen molar-refractivity contribution in [2.45, 2.75) is 12.5 Å². The second-order valence-corrected chi connectivity index (χ2v) is 6.10. The molecule has 1 unspecified atom stereocenters. The van der Waals surface area contributed by atoms with Gasteiger partial charge in [0.25, 0.3) is 0 Å². The highest BCUT2D eigenvalue weighted by Gasteiger charge is 2.25. The molecule has 2 rings (SSSR count). The molecule has 1 atom stereocenters. The molecule has 0 aliphatic heterocycles. The Kier molecular flexibility index (Phi) is 4.88. The summed E-state index contributed by atoms with van der Waals surface area (Å²) in [5.74, 6) is 0.815. The fourth-order valence-electron chi connectivity index (χ4n) is 2.01. The van der Waals surface area contributed by atoms with Crippen molar-refractivity contribution in [2.24, 2.45) is 0 Å². The number of hydrogen-bond acceptors (Lipinski definition) is 3. The van der Waals surface area contributed by atoms with Gasteiger partial charge in [-0.2, -0.15) is 0 Å². The number of rotatable bonds is 5. The summed E-state index contributed by atoms with van der Waals surface area (Å²) in [6.45, 7) is 2.00. The van der Waals surface area contributed by atoms with Crippen molar-refractivity contribution in [3.63, 3.8) is 0 Å².